The van der Waals surface area contributed by atoms with Crippen LogP contribution in [0.5, 0.6) is 46.0 Å². The van der Waals surface area contributed by atoms with Crippen molar-refractivity contribution in [3.05, 3.63) is 264 Å². The Hall–Kier alpha value is -17.2. The average molecular weight is 1980 g/mol. The average Bonchev–Trinajstić information content (AvgIpc) is 1.63. The van der Waals surface area contributed by atoms with E-state index in [0.717, 1.165) is 156 Å². The number of likely N-dealkylation sites (N-methyl/N-ethyl adjacent to an activating group) is 3. The van der Waals surface area contributed by atoms with Gasteiger partial charge in [-0.3, -0.25) is 48.3 Å². The second-order valence-electron chi connectivity index (χ2n) is 35.6. The van der Waals surface area contributed by atoms with Gasteiger partial charge in [0.25, 0.3) is 5.91 Å². The van der Waals surface area contributed by atoms with Crippen LogP contribution in [0.25, 0.3) is 132 Å². The van der Waals surface area contributed by atoms with Crippen molar-refractivity contribution in [1.29, 1.82) is 21.0 Å². The van der Waals surface area contributed by atoms with Crippen LogP contribution in [0.3, 0.4) is 0 Å². The second kappa shape index (κ2) is 46.5. The molecule has 3 unspecified atom stereocenters. The lowest BCUT2D eigenvalue weighted by Crippen LogP contribution is -2.46. The molecule has 3 N–H and O–H groups in total. The van der Waals surface area contributed by atoms with E-state index in [0.29, 0.717) is 134 Å². The molecule has 748 valence electrons. The predicted molar refractivity (Wildman–Crippen MR) is 557 cm³/mol. The largest absolute Gasteiger partial charge is 0.493 e. The Labute approximate surface area is 846 Å². The molecule has 19 rings (SSSR count). The molecule has 1 saturated heterocycles. The van der Waals surface area contributed by atoms with Crippen LogP contribution in [0.1, 0.15) is 65.4 Å². The number of carbonyl (C=O) groups is 2. The smallest absolute Gasteiger partial charge is 0.265 e. The van der Waals surface area contributed by atoms with Gasteiger partial charge in [-0.15, -0.1) is 0 Å². The number of fused-ring (bicyclic) bond motifs is 12. The maximum absolute atomic E-state index is 13.9. The molecule has 33 nitrogen and oxygen atoms in total. The minimum atomic E-state index is -1.07. The van der Waals surface area contributed by atoms with E-state index in [2.05, 4.69) is 76.3 Å². The Kier molecular flexibility index (Phi) is 32.5. The molecular formula is C112H109F2N21O12. The zero-order valence-electron chi connectivity index (χ0n) is 83.6. The van der Waals surface area contributed by atoms with Gasteiger partial charge in [0, 0.05) is 181 Å². The standard InChI is InChI=1S/C36H37FN6O3.C31H29FN6O3.C23H23N5O2.C22H20N4O4/c1-4-42-16-18-43(19-17-42)15-5-6-31(44)36(26-11-13-27(37)14-12-26)46-33-20-28-29(21-32(33)45-3)39-23-30-34(28)35(40-41(30)2)25-9-7-24(22-38)8-10-25;1-37(2)14-13-34-31(39)30(21-9-11-22(32)12-10-21)41-27-15-23-24(16-26(27)40-4)35-18-25-28(23)29(36-38(25)3)20-7-5-19(17-33)6-8-20;1-27(2)9-10-30-21-12-18-17(11-20(21)29-4)22-19(14-25-18)28(3)26-23(22)16-7-5-15(13-24)6-8-16;1-26-18-10-24-17-8-20(30-12-15(28)11-27)19(29-2)7-16(17)21(18)22(25-26)14-5-3-13(9-23)4-6-14/h7-14,20-21,23,36H,4-6,15-19H2,1-3H3;5-12,15-16,18,30H,13-14H2,1-4H3,(H,34,39);5-8,11-12,14H,9-10H2,1-4H3;3-8,10,15,27-28H,11-12H2,1-2H3. The zero-order valence-corrected chi connectivity index (χ0v) is 83.6. The Balaban J connectivity index is 0.000000142. The van der Waals surface area contributed by atoms with Gasteiger partial charge in [-0.2, -0.15) is 41.4 Å². The van der Waals surface area contributed by atoms with E-state index in [1.54, 1.807) is 132 Å². The first kappa shape index (κ1) is 103. The summed E-state index contributed by atoms with van der Waals surface area (Å²) in [6.07, 6.45) is 5.11. The Morgan fingerprint density at radius 1 is 0.429 bits per heavy atom. The van der Waals surface area contributed by atoms with Crippen LogP contribution in [0, 0.1) is 57.0 Å². The number of pyridine rings is 4. The normalized spacial score (nSPS) is 12.7. The molecule has 1 aliphatic rings. The van der Waals surface area contributed by atoms with Crippen molar-refractivity contribution in [3.8, 4) is 115 Å². The number of hydrogen-bond donors (Lipinski definition) is 3. The number of amides is 1. The van der Waals surface area contributed by atoms with Gasteiger partial charge in [-0.05, 0) is 145 Å². The Morgan fingerprint density at radius 3 is 1.08 bits per heavy atom. The maximum atomic E-state index is 13.9. The van der Waals surface area contributed by atoms with Crippen LogP contribution >= 0.6 is 0 Å². The number of halogens is 2. The number of carbonyl (C=O) groups excluding carboxylic acids is 2. The van der Waals surface area contributed by atoms with Crippen LogP contribution in [0.4, 0.5) is 8.78 Å². The van der Waals surface area contributed by atoms with Crippen molar-refractivity contribution in [2.24, 2.45) is 28.2 Å². The number of aliphatic hydroxyl groups is 2. The first-order valence-electron chi connectivity index (χ1n) is 47.5. The fourth-order valence-corrected chi connectivity index (χ4v) is 17.5. The number of Topliss-reactive ketones (excluding diaryl/α,β-unsaturated/α-hetero) is 1. The van der Waals surface area contributed by atoms with Gasteiger partial charge in [0.05, 0.1) is 150 Å². The summed E-state index contributed by atoms with van der Waals surface area (Å²) in [5.41, 5.74) is 16.2. The minimum absolute atomic E-state index is 0.0655. The number of nitrogens with zero attached hydrogens (tertiary/aromatic N) is 20. The molecule has 1 amide bonds. The number of nitrogens with one attached hydrogen (secondary N) is 1. The number of aliphatic hydroxyl groups excluding tert-OH is 2. The first-order chi connectivity index (χ1) is 71.2. The lowest BCUT2D eigenvalue weighted by Gasteiger charge is -2.34. The Morgan fingerprint density at radius 2 is 0.748 bits per heavy atom. The molecule has 0 radical (unpaired) electrons. The summed E-state index contributed by atoms with van der Waals surface area (Å²) >= 11 is 0. The van der Waals surface area contributed by atoms with Gasteiger partial charge in [0.2, 0.25) is 6.10 Å². The van der Waals surface area contributed by atoms with Gasteiger partial charge in [0.1, 0.15) is 53.7 Å². The Bertz CT molecular complexity index is 8030. The summed E-state index contributed by atoms with van der Waals surface area (Å²) in [5.74, 6) is 2.50. The monoisotopic (exact) mass is 1980 g/mol. The molecule has 0 spiro atoms. The van der Waals surface area contributed by atoms with Crippen molar-refractivity contribution in [2.45, 2.75) is 38.1 Å². The van der Waals surface area contributed by atoms with Crippen molar-refractivity contribution < 1.29 is 66.5 Å². The number of rotatable bonds is 32. The summed E-state index contributed by atoms with van der Waals surface area (Å²) in [6, 6.07) is 63.9. The van der Waals surface area contributed by atoms with Crippen LogP contribution in [-0.4, -0.2) is 242 Å². The third-order valence-electron chi connectivity index (χ3n) is 25.5. The fraction of sp³-hybridized carbons (Fsp3) is 0.268. The van der Waals surface area contributed by atoms with E-state index in [1.807, 2.05) is 145 Å². The first-order valence-corrected chi connectivity index (χ1v) is 47.5. The van der Waals surface area contributed by atoms with Gasteiger partial charge in [0.15, 0.2) is 57.9 Å². The molecule has 1 aliphatic heterocycles. The molecule has 3 atom stereocenters. The van der Waals surface area contributed by atoms with E-state index < -0.39 is 30.7 Å². The molecule has 18 aromatic rings. The fourth-order valence-electron chi connectivity index (χ4n) is 17.5. The third-order valence-corrected chi connectivity index (χ3v) is 25.5. The number of piperazine rings is 1. The number of ether oxygens (including phenoxy) is 8. The molecule has 0 aliphatic carbocycles. The molecule has 35 heteroatoms. The van der Waals surface area contributed by atoms with E-state index in [1.165, 1.54) is 50.6 Å². The topological polar surface area (TPSA) is 391 Å². The lowest BCUT2D eigenvalue weighted by molar-refractivity contribution is -0.128. The second-order valence-corrected chi connectivity index (χ2v) is 35.6. The van der Waals surface area contributed by atoms with Gasteiger partial charge in [-0.1, -0.05) is 79.7 Å². The lowest BCUT2D eigenvalue weighted by atomic mass is 10.0. The number of aryl methyl sites for hydroxylation is 4. The highest BCUT2D eigenvalue weighted by atomic mass is 19.1. The third kappa shape index (κ3) is 23.1. The number of hydrogen-bond acceptors (Lipinski definition) is 28. The summed E-state index contributed by atoms with van der Waals surface area (Å²) < 4.78 is 81.7. The molecule has 8 aromatic heterocycles. The number of aromatic nitrogens is 12. The highest BCUT2D eigenvalue weighted by molar-refractivity contribution is 6.15. The number of benzene rings is 10. The number of methoxy groups -OCH3 is 4. The summed E-state index contributed by atoms with van der Waals surface area (Å²) in [7, 11) is 21.5. The zero-order chi connectivity index (χ0) is 104. The number of nitriles is 4. The van der Waals surface area contributed by atoms with Gasteiger partial charge in [-0.25, -0.2) is 8.78 Å². The molecule has 1 fully saturated rings. The van der Waals surface area contributed by atoms with Crippen molar-refractivity contribution in [3.63, 3.8) is 0 Å². The van der Waals surface area contributed by atoms with E-state index in [9.17, 15) is 34.0 Å². The van der Waals surface area contributed by atoms with E-state index >= 15 is 0 Å². The van der Waals surface area contributed by atoms with Gasteiger partial charge < -0.3 is 73.0 Å². The van der Waals surface area contributed by atoms with Crippen LogP contribution < -0.4 is 43.2 Å². The molecule has 0 bridgehead atoms. The quantitative estimate of drug-likeness (QED) is 0.0352. The van der Waals surface area contributed by atoms with Crippen molar-refractivity contribution in [2.75, 3.05) is 135 Å². The molecular weight excluding hydrogens is 1870 g/mol. The van der Waals surface area contributed by atoms with Crippen molar-refractivity contribution >= 4 is 98.9 Å². The summed E-state index contributed by atoms with van der Waals surface area (Å²) in [5, 5.41) is 84.0. The van der Waals surface area contributed by atoms with E-state index in [4.69, 9.17) is 68.8 Å². The van der Waals surface area contributed by atoms with Crippen LogP contribution in [0.15, 0.2) is 219 Å². The van der Waals surface area contributed by atoms with Crippen LogP contribution in [-0.2, 0) is 37.8 Å². The minimum Gasteiger partial charge on any atom is -0.493 e. The summed E-state index contributed by atoms with van der Waals surface area (Å²) in [6.45, 7) is 10.1. The highest BCUT2D eigenvalue weighted by Crippen LogP contribution is 2.46. The summed E-state index contributed by atoms with van der Waals surface area (Å²) in [4.78, 5) is 54.5. The molecule has 147 heavy (non-hydrogen) atoms. The SMILES string of the molecule is CCN1CCN(CCCC(=O)C(Oc2cc3c(cc2OC)ncc2c3c(-c3ccc(C#N)cc3)nn2C)c2ccc(F)cc2)CC1.COc1cc2c(cc1OCC(O)CO)ncc1c2c(-c2ccc(C#N)cc2)nn1C.COc1cc2c(cc1OCCN(C)C)ncc1c2c(-c2ccc(C#N)cc2)nn1C.COc1cc2ncc3c(c(-c4ccc(C#N)cc4)nn3C)c2cc1OC(C(=O)NCCN(C)C)c1ccc(F)cc1. The number of ketones is 1. The predicted octanol–water partition coefficient (Wildman–Crippen LogP) is 16.5. The molecule has 0 saturated carbocycles. The molecule has 10 aromatic carbocycles. The molecule has 9 heterocycles. The maximum Gasteiger partial charge on any atom is 0.265 e. The van der Waals surface area contributed by atoms with Crippen molar-refractivity contribution in [1.82, 2.24) is 84.0 Å². The van der Waals surface area contributed by atoms with Crippen LogP contribution in [0.2, 0.25) is 0 Å². The van der Waals surface area contributed by atoms with E-state index in [-0.39, 0.29) is 24.1 Å². The highest BCUT2D eigenvalue weighted by Gasteiger charge is 2.31. The van der Waals surface area contributed by atoms with Gasteiger partial charge >= 0.3 is 0 Å².